The summed E-state index contributed by atoms with van der Waals surface area (Å²) in [5, 5.41) is 38.3. The van der Waals surface area contributed by atoms with Crippen LogP contribution in [0.5, 0.6) is 5.75 Å². The summed E-state index contributed by atoms with van der Waals surface area (Å²) in [6.07, 6.45) is -6.32. The Kier molecular flexibility index (Phi) is 4.62. The topological polar surface area (TPSA) is 99.4 Å². The molecule has 112 valence electrons. The van der Waals surface area contributed by atoms with Crippen molar-refractivity contribution in [2.45, 2.75) is 44.6 Å². The van der Waals surface area contributed by atoms with Gasteiger partial charge in [0, 0.05) is 0 Å². The number of aliphatic hydroxyl groups excluding tert-OH is 4. The van der Waals surface area contributed by atoms with Crippen LogP contribution in [-0.4, -0.2) is 57.7 Å². The van der Waals surface area contributed by atoms with Crippen LogP contribution in [0.4, 0.5) is 0 Å². The van der Waals surface area contributed by atoms with Crippen molar-refractivity contribution in [2.75, 3.05) is 6.61 Å². The Hall–Kier alpha value is -1.18. The van der Waals surface area contributed by atoms with Gasteiger partial charge in [-0.2, -0.15) is 0 Å². The molecule has 20 heavy (non-hydrogen) atoms. The predicted molar refractivity (Wildman–Crippen MR) is 70.3 cm³/mol. The van der Waals surface area contributed by atoms with Crippen molar-refractivity contribution in [1.29, 1.82) is 0 Å². The lowest BCUT2D eigenvalue weighted by Gasteiger charge is -2.39. The smallest absolute Gasteiger partial charge is 0.229 e. The molecule has 6 nitrogen and oxygen atoms in total. The van der Waals surface area contributed by atoms with E-state index in [1.54, 1.807) is 12.1 Å². The van der Waals surface area contributed by atoms with E-state index in [9.17, 15) is 15.3 Å². The van der Waals surface area contributed by atoms with Gasteiger partial charge in [-0.3, -0.25) is 0 Å². The van der Waals surface area contributed by atoms with Crippen molar-refractivity contribution in [2.24, 2.45) is 0 Å². The Bertz CT molecular complexity index is 461. The summed E-state index contributed by atoms with van der Waals surface area (Å²) in [5.41, 5.74) is 2.12. The number of aryl methyl sites for hydroxylation is 2. The average Bonchev–Trinajstić information content (AvgIpc) is 2.43. The van der Waals surface area contributed by atoms with Crippen LogP contribution < -0.4 is 4.74 Å². The highest BCUT2D eigenvalue weighted by Gasteiger charge is 2.44. The molecule has 0 unspecified atom stereocenters. The lowest BCUT2D eigenvalue weighted by atomic mass is 9.99. The van der Waals surface area contributed by atoms with Gasteiger partial charge in [0.25, 0.3) is 0 Å². The Labute approximate surface area is 117 Å². The van der Waals surface area contributed by atoms with Crippen molar-refractivity contribution in [1.82, 2.24) is 0 Å². The molecule has 1 heterocycles. The Morgan fingerprint density at radius 1 is 1.05 bits per heavy atom. The van der Waals surface area contributed by atoms with E-state index in [0.717, 1.165) is 11.1 Å². The first kappa shape index (κ1) is 15.2. The van der Waals surface area contributed by atoms with Gasteiger partial charge >= 0.3 is 0 Å². The summed E-state index contributed by atoms with van der Waals surface area (Å²) in [4.78, 5) is 0. The van der Waals surface area contributed by atoms with Gasteiger partial charge in [0.1, 0.15) is 30.2 Å². The third-order valence-corrected chi connectivity index (χ3v) is 3.58. The molecule has 0 bridgehead atoms. The highest BCUT2D eigenvalue weighted by atomic mass is 16.7. The van der Waals surface area contributed by atoms with Gasteiger partial charge in [0.2, 0.25) is 6.29 Å². The van der Waals surface area contributed by atoms with E-state index in [-0.39, 0.29) is 0 Å². The van der Waals surface area contributed by atoms with Crippen molar-refractivity contribution in [3.05, 3.63) is 29.3 Å². The van der Waals surface area contributed by atoms with Crippen LogP contribution in [-0.2, 0) is 4.74 Å². The summed E-state index contributed by atoms with van der Waals surface area (Å²) < 4.78 is 10.8. The Balaban J connectivity index is 2.13. The Morgan fingerprint density at radius 2 is 1.75 bits per heavy atom. The van der Waals surface area contributed by atoms with Crippen molar-refractivity contribution >= 4 is 0 Å². The molecule has 0 radical (unpaired) electrons. The van der Waals surface area contributed by atoms with Gasteiger partial charge < -0.3 is 29.9 Å². The van der Waals surface area contributed by atoms with Crippen LogP contribution in [0.25, 0.3) is 0 Å². The second-order valence-electron chi connectivity index (χ2n) is 5.06. The molecule has 4 N–H and O–H groups in total. The van der Waals surface area contributed by atoms with Gasteiger partial charge in [-0.1, -0.05) is 6.07 Å². The fraction of sp³-hybridized carbons (Fsp3) is 0.571. The van der Waals surface area contributed by atoms with E-state index >= 15 is 0 Å². The second kappa shape index (κ2) is 6.07. The van der Waals surface area contributed by atoms with E-state index in [2.05, 4.69) is 0 Å². The zero-order valence-corrected chi connectivity index (χ0v) is 11.4. The first-order valence-electron chi connectivity index (χ1n) is 6.48. The molecular formula is C14H20O6. The molecular weight excluding hydrogens is 264 g/mol. The Morgan fingerprint density at radius 3 is 2.35 bits per heavy atom. The molecule has 6 heteroatoms. The van der Waals surface area contributed by atoms with Crippen LogP contribution in [0.3, 0.4) is 0 Å². The molecule has 1 aliphatic heterocycles. The second-order valence-corrected chi connectivity index (χ2v) is 5.06. The summed E-state index contributed by atoms with van der Waals surface area (Å²) in [6.45, 7) is 3.42. The fourth-order valence-corrected chi connectivity index (χ4v) is 2.09. The molecule has 0 saturated carbocycles. The maximum absolute atomic E-state index is 9.86. The van der Waals surface area contributed by atoms with Crippen molar-refractivity contribution in [3.63, 3.8) is 0 Å². The number of aliphatic hydroxyl groups is 4. The first-order valence-corrected chi connectivity index (χ1v) is 6.48. The van der Waals surface area contributed by atoms with Crippen LogP contribution in [0.2, 0.25) is 0 Å². The molecule has 1 aromatic rings. The number of rotatable bonds is 3. The highest BCUT2D eigenvalue weighted by molar-refractivity contribution is 5.33. The molecule has 2 rings (SSSR count). The van der Waals surface area contributed by atoms with E-state index in [1.807, 2.05) is 19.9 Å². The molecule has 1 aliphatic rings. The van der Waals surface area contributed by atoms with Gasteiger partial charge in [0.05, 0.1) is 6.61 Å². The van der Waals surface area contributed by atoms with E-state index in [1.165, 1.54) is 0 Å². The van der Waals surface area contributed by atoms with Crippen molar-refractivity contribution in [3.8, 4) is 5.75 Å². The summed E-state index contributed by atoms with van der Waals surface area (Å²) in [7, 11) is 0. The SMILES string of the molecule is Cc1ccc(O[C@@H]2O[C@@H](CO)[C@H](O)[C@@H](O)[C@@H]2O)cc1C. The zero-order chi connectivity index (χ0) is 14.9. The number of hydrogen-bond acceptors (Lipinski definition) is 6. The van der Waals surface area contributed by atoms with Gasteiger partial charge in [0.15, 0.2) is 0 Å². The fourth-order valence-electron chi connectivity index (χ4n) is 2.09. The highest BCUT2D eigenvalue weighted by Crippen LogP contribution is 2.25. The molecule has 0 aromatic heterocycles. The summed E-state index contributed by atoms with van der Waals surface area (Å²) >= 11 is 0. The van der Waals surface area contributed by atoms with Crippen LogP contribution >= 0.6 is 0 Å². The summed E-state index contributed by atoms with van der Waals surface area (Å²) in [6, 6.07) is 5.38. The quantitative estimate of drug-likeness (QED) is 0.596. The van der Waals surface area contributed by atoms with Gasteiger partial charge in [-0.05, 0) is 37.1 Å². The third-order valence-electron chi connectivity index (χ3n) is 3.58. The van der Waals surface area contributed by atoms with Crippen LogP contribution in [0.1, 0.15) is 11.1 Å². The van der Waals surface area contributed by atoms with E-state index in [4.69, 9.17) is 14.6 Å². The minimum absolute atomic E-state index is 0.474. The minimum atomic E-state index is -1.43. The van der Waals surface area contributed by atoms with Gasteiger partial charge in [-0.25, -0.2) is 0 Å². The molecule has 1 aromatic carbocycles. The molecule has 0 aliphatic carbocycles. The number of benzene rings is 1. The van der Waals surface area contributed by atoms with Gasteiger partial charge in [-0.15, -0.1) is 0 Å². The third kappa shape index (κ3) is 2.94. The van der Waals surface area contributed by atoms with Crippen LogP contribution in [0.15, 0.2) is 18.2 Å². The first-order chi connectivity index (χ1) is 9.43. The zero-order valence-electron chi connectivity index (χ0n) is 11.4. The normalized spacial score (nSPS) is 34.0. The predicted octanol–water partition coefficient (Wildman–Crippen LogP) is -0.518. The number of hydrogen-bond donors (Lipinski definition) is 4. The van der Waals surface area contributed by atoms with Crippen LogP contribution in [0, 0.1) is 13.8 Å². The lowest BCUT2D eigenvalue weighted by Crippen LogP contribution is -2.60. The standard InChI is InChI=1S/C14H20O6/c1-7-3-4-9(5-8(7)2)19-14-13(18)12(17)11(16)10(6-15)20-14/h3-5,10-18H,6H2,1-2H3/t10-,11-,12+,13-,14+/m0/s1. The minimum Gasteiger partial charge on any atom is -0.462 e. The molecule has 1 saturated heterocycles. The largest absolute Gasteiger partial charge is 0.462 e. The molecule has 0 amide bonds. The average molecular weight is 284 g/mol. The monoisotopic (exact) mass is 284 g/mol. The number of ether oxygens (including phenoxy) is 2. The summed E-state index contributed by atoms with van der Waals surface area (Å²) in [5.74, 6) is 0.484. The molecule has 0 spiro atoms. The molecule has 1 fully saturated rings. The van der Waals surface area contributed by atoms with Crippen molar-refractivity contribution < 1.29 is 29.9 Å². The van der Waals surface area contributed by atoms with E-state index < -0.39 is 37.3 Å². The maximum atomic E-state index is 9.86. The van der Waals surface area contributed by atoms with E-state index in [0.29, 0.717) is 5.75 Å². The lowest BCUT2D eigenvalue weighted by molar-refractivity contribution is -0.277. The molecule has 5 atom stereocenters. The maximum Gasteiger partial charge on any atom is 0.229 e.